The minimum Gasteiger partial charge on any atom is -0.497 e. The smallest absolute Gasteiger partial charge is 0.244 e. The van der Waals surface area contributed by atoms with Gasteiger partial charge < -0.3 is 19.7 Å². The molecule has 0 unspecified atom stereocenters. The summed E-state index contributed by atoms with van der Waals surface area (Å²) in [5.74, 6) is -0.141. The molecule has 3 aromatic carbocycles. The van der Waals surface area contributed by atoms with Gasteiger partial charge in [0.15, 0.2) is 0 Å². The van der Waals surface area contributed by atoms with Crippen molar-refractivity contribution in [1.29, 1.82) is 0 Å². The van der Waals surface area contributed by atoms with Crippen LogP contribution in [0.3, 0.4) is 0 Å². The first-order chi connectivity index (χ1) is 20.6. The molecular weight excluding hydrogens is 590 g/mol. The standard InChI is InChI=1S/C32H38ClN3O6S/c1-41-27-16-17-28(30(20-27)42-2)36(43(3,39)40)22-31(37)35(21-24-12-9-13-25(33)18-24)29(19-23-10-5-4-6-11-23)32(38)34-26-14-7-8-15-26/h4-6,9-13,16-18,20,26,29H,7-8,14-15,19,21-22H2,1-3H3,(H,34,38)/t29-/m0/s1. The van der Waals surface area contributed by atoms with Gasteiger partial charge in [-0.05, 0) is 48.2 Å². The van der Waals surface area contributed by atoms with Crippen molar-refractivity contribution in [2.24, 2.45) is 0 Å². The van der Waals surface area contributed by atoms with Crippen molar-refractivity contribution in [2.75, 3.05) is 31.3 Å². The number of ether oxygens (including phenoxy) is 2. The molecule has 1 aliphatic rings. The summed E-state index contributed by atoms with van der Waals surface area (Å²) in [6.07, 6.45) is 5.10. The Morgan fingerprint density at radius 3 is 2.28 bits per heavy atom. The number of carbonyl (C=O) groups is 2. The lowest BCUT2D eigenvalue weighted by atomic mass is 10.0. The highest BCUT2D eigenvalue weighted by atomic mass is 35.5. The molecule has 0 bridgehead atoms. The molecule has 230 valence electrons. The lowest BCUT2D eigenvalue weighted by molar-refractivity contribution is -0.140. The number of amides is 2. The Kier molecular flexibility index (Phi) is 10.9. The third-order valence-corrected chi connectivity index (χ3v) is 8.91. The molecule has 1 saturated carbocycles. The number of halogens is 1. The summed E-state index contributed by atoms with van der Waals surface area (Å²) < 4.78 is 37.9. The van der Waals surface area contributed by atoms with Gasteiger partial charge in [0.25, 0.3) is 0 Å². The molecule has 0 aliphatic heterocycles. The van der Waals surface area contributed by atoms with Crippen molar-refractivity contribution in [2.45, 2.75) is 50.7 Å². The first-order valence-corrected chi connectivity index (χ1v) is 16.4. The Hall–Kier alpha value is -3.76. The maximum Gasteiger partial charge on any atom is 0.244 e. The third-order valence-electron chi connectivity index (χ3n) is 7.55. The van der Waals surface area contributed by atoms with Crippen LogP contribution >= 0.6 is 11.6 Å². The van der Waals surface area contributed by atoms with Gasteiger partial charge in [-0.1, -0.05) is 66.9 Å². The van der Waals surface area contributed by atoms with E-state index in [0.717, 1.165) is 41.8 Å². The Morgan fingerprint density at radius 2 is 1.65 bits per heavy atom. The highest BCUT2D eigenvalue weighted by Crippen LogP contribution is 2.34. The van der Waals surface area contributed by atoms with Crippen LogP contribution in [0.1, 0.15) is 36.8 Å². The van der Waals surface area contributed by atoms with Crippen LogP contribution in [0.25, 0.3) is 0 Å². The molecule has 0 radical (unpaired) electrons. The molecule has 0 spiro atoms. The second kappa shape index (κ2) is 14.6. The molecule has 11 heteroatoms. The SMILES string of the molecule is COc1ccc(N(CC(=O)N(Cc2cccc(Cl)c2)[C@@H](Cc2ccccc2)C(=O)NC2CCCC2)S(C)(=O)=O)c(OC)c1. The predicted molar refractivity (Wildman–Crippen MR) is 168 cm³/mol. The van der Waals surface area contributed by atoms with E-state index >= 15 is 0 Å². The van der Waals surface area contributed by atoms with Crippen LogP contribution in [-0.4, -0.2) is 64.2 Å². The highest BCUT2D eigenvalue weighted by Gasteiger charge is 2.35. The lowest BCUT2D eigenvalue weighted by Crippen LogP contribution is -2.54. The van der Waals surface area contributed by atoms with Crippen LogP contribution in [0.4, 0.5) is 5.69 Å². The monoisotopic (exact) mass is 627 g/mol. The summed E-state index contributed by atoms with van der Waals surface area (Å²) in [5, 5.41) is 3.64. The summed E-state index contributed by atoms with van der Waals surface area (Å²) in [4.78, 5) is 29.7. The minimum atomic E-state index is -3.96. The molecule has 2 amide bonds. The van der Waals surface area contributed by atoms with Crippen molar-refractivity contribution < 1.29 is 27.5 Å². The summed E-state index contributed by atoms with van der Waals surface area (Å²) in [6, 6.07) is 20.3. The second-order valence-corrected chi connectivity index (χ2v) is 13.0. The first-order valence-electron chi connectivity index (χ1n) is 14.2. The normalized spacial score (nSPS) is 14.1. The summed E-state index contributed by atoms with van der Waals surface area (Å²) in [6.45, 7) is -0.504. The van der Waals surface area contributed by atoms with Crippen LogP contribution < -0.4 is 19.1 Å². The fourth-order valence-electron chi connectivity index (χ4n) is 5.34. The van der Waals surface area contributed by atoms with E-state index < -0.39 is 28.5 Å². The molecule has 1 aliphatic carbocycles. The van der Waals surface area contributed by atoms with E-state index in [0.29, 0.717) is 16.3 Å². The van der Waals surface area contributed by atoms with E-state index in [1.165, 1.54) is 25.2 Å². The van der Waals surface area contributed by atoms with Gasteiger partial charge >= 0.3 is 0 Å². The highest BCUT2D eigenvalue weighted by molar-refractivity contribution is 7.92. The number of carbonyl (C=O) groups excluding carboxylic acids is 2. The molecule has 0 heterocycles. The molecule has 0 saturated heterocycles. The Bertz CT molecular complexity index is 1510. The van der Waals surface area contributed by atoms with Crippen LogP contribution in [0.15, 0.2) is 72.8 Å². The average molecular weight is 628 g/mol. The number of hydrogen-bond acceptors (Lipinski definition) is 6. The number of nitrogens with one attached hydrogen (secondary N) is 1. The number of hydrogen-bond donors (Lipinski definition) is 1. The van der Waals surface area contributed by atoms with E-state index in [1.807, 2.05) is 36.4 Å². The first kappa shape index (κ1) is 32.2. The van der Waals surface area contributed by atoms with E-state index in [1.54, 1.807) is 30.3 Å². The van der Waals surface area contributed by atoms with Crippen molar-refractivity contribution in [3.8, 4) is 11.5 Å². The Morgan fingerprint density at radius 1 is 0.953 bits per heavy atom. The molecule has 9 nitrogen and oxygen atoms in total. The second-order valence-electron chi connectivity index (χ2n) is 10.7. The third kappa shape index (κ3) is 8.64. The van der Waals surface area contributed by atoms with Crippen LogP contribution in [0.5, 0.6) is 11.5 Å². The number of anilines is 1. The maximum absolute atomic E-state index is 14.3. The largest absolute Gasteiger partial charge is 0.497 e. The van der Waals surface area contributed by atoms with E-state index in [2.05, 4.69) is 5.32 Å². The predicted octanol–water partition coefficient (Wildman–Crippen LogP) is 4.82. The average Bonchev–Trinajstić information content (AvgIpc) is 3.50. The Balaban J connectivity index is 1.75. The number of sulfonamides is 1. The zero-order valence-corrected chi connectivity index (χ0v) is 26.2. The number of rotatable bonds is 13. The van der Waals surface area contributed by atoms with Gasteiger partial charge in [-0.15, -0.1) is 0 Å². The molecule has 3 aromatic rings. The summed E-state index contributed by atoms with van der Waals surface area (Å²) >= 11 is 6.28. The fraction of sp³-hybridized carbons (Fsp3) is 0.375. The van der Waals surface area contributed by atoms with Gasteiger partial charge in [0.2, 0.25) is 21.8 Å². The molecule has 1 atom stereocenters. The topological polar surface area (TPSA) is 105 Å². The maximum atomic E-state index is 14.3. The van der Waals surface area contributed by atoms with Gasteiger partial charge in [-0.3, -0.25) is 13.9 Å². The lowest BCUT2D eigenvalue weighted by Gasteiger charge is -2.34. The molecule has 1 fully saturated rings. The molecule has 0 aromatic heterocycles. The summed E-state index contributed by atoms with van der Waals surface area (Å²) in [7, 11) is -1.06. The van der Waals surface area contributed by atoms with E-state index in [-0.39, 0.29) is 36.4 Å². The van der Waals surface area contributed by atoms with E-state index in [4.69, 9.17) is 21.1 Å². The molecule has 1 N–H and O–H groups in total. The van der Waals surface area contributed by atoms with Crippen molar-refractivity contribution in [1.82, 2.24) is 10.2 Å². The molecule has 43 heavy (non-hydrogen) atoms. The van der Waals surface area contributed by atoms with Gasteiger partial charge in [-0.25, -0.2) is 8.42 Å². The van der Waals surface area contributed by atoms with Gasteiger partial charge in [0.05, 0.1) is 26.2 Å². The minimum absolute atomic E-state index is 0.0324. The number of benzene rings is 3. The zero-order valence-electron chi connectivity index (χ0n) is 24.7. The summed E-state index contributed by atoms with van der Waals surface area (Å²) in [5.41, 5.74) is 1.76. The quantitative estimate of drug-likeness (QED) is 0.291. The van der Waals surface area contributed by atoms with Crippen LogP contribution in [-0.2, 0) is 32.6 Å². The van der Waals surface area contributed by atoms with Gasteiger partial charge in [-0.2, -0.15) is 0 Å². The zero-order chi connectivity index (χ0) is 31.0. The van der Waals surface area contributed by atoms with Crippen molar-refractivity contribution >= 4 is 39.1 Å². The van der Waals surface area contributed by atoms with Crippen molar-refractivity contribution in [3.05, 3.63) is 88.9 Å². The fourth-order valence-corrected chi connectivity index (χ4v) is 6.41. The number of nitrogens with zero attached hydrogens (tertiary/aromatic N) is 2. The van der Waals surface area contributed by atoms with Gasteiger partial charge in [0, 0.05) is 30.1 Å². The Labute approximate surface area is 258 Å². The number of methoxy groups -OCH3 is 2. The van der Waals surface area contributed by atoms with E-state index in [9.17, 15) is 18.0 Å². The van der Waals surface area contributed by atoms with Crippen LogP contribution in [0.2, 0.25) is 5.02 Å². The van der Waals surface area contributed by atoms with Crippen LogP contribution in [0, 0.1) is 0 Å². The molecule has 4 rings (SSSR count). The van der Waals surface area contributed by atoms with Crippen molar-refractivity contribution in [3.63, 3.8) is 0 Å². The molecular formula is C32H38ClN3O6S. The van der Waals surface area contributed by atoms with Gasteiger partial charge in [0.1, 0.15) is 24.1 Å².